The number of sulfonamides is 1. The van der Waals surface area contributed by atoms with Crippen molar-refractivity contribution in [1.82, 2.24) is 4.31 Å². The van der Waals surface area contributed by atoms with Gasteiger partial charge in [-0.05, 0) is 26.0 Å². The molecule has 11 heteroatoms. The maximum absolute atomic E-state index is 13.4. The Hall–Kier alpha value is -1.72. The van der Waals surface area contributed by atoms with Crippen LogP contribution in [-0.4, -0.2) is 47.6 Å². The van der Waals surface area contributed by atoms with Crippen LogP contribution in [0.2, 0.25) is 0 Å². The summed E-state index contributed by atoms with van der Waals surface area (Å²) in [4.78, 5) is 9.47. The van der Waals surface area contributed by atoms with Gasteiger partial charge in [0, 0.05) is 12.1 Å². The Morgan fingerprint density at radius 1 is 1.29 bits per heavy atom. The molecule has 2 aliphatic rings. The molecule has 2 saturated heterocycles. The van der Waals surface area contributed by atoms with Gasteiger partial charge in [-0.2, -0.15) is 17.5 Å². The van der Waals surface area contributed by atoms with Crippen LogP contribution in [0.1, 0.15) is 13.8 Å². The molecule has 24 heavy (non-hydrogen) atoms. The van der Waals surface area contributed by atoms with Gasteiger partial charge >= 0.3 is 6.18 Å². The molecule has 0 saturated carbocycles. The van der Waals surface area contributed by atoms with Crippen LogP contribution in [0.25, 0.3) is 0 Å². The maximum atomic E-state index is 13.4. The standard InChI is InChI=1S/C13H13F3N2O5S/c1-7-12(2)11(23-12)10(13(14,15)16)17(7)24(21,22)9-5-3-8(4-6-9)18(19)20/h3-7,10-11H,1-2H3/t7-,10+,11+,12-/m1/s1. The Morgan fingerprint density at radius 3 is 2.29 bits per heavy atom. The minimum absolute atomic E-state index is 0.353. The normalized spacial score (nSPS) is 33.3. The molecule has 0 aliphatic carbocycles. The second-order valence-electron chi connectivity index (χ2n) is 5.97. The maximum Gasteiger partial charge on any atom is 0.407 e. The number of benzene rings is 1. The first-order chi connectivity index (χ1) is 10.9. The highest BCUT2D eigenvalue weighted by Crippen LogP contribution is 2.56. The summed E-state index contributed by atoms with van der Waals surface area (Å²) < 4.78 is 71.0. The predicted molar refractivity (Wildman–Crippen MR) is 74.7 cm³/mol. The molecule has 0 unspecified atom stereocenters. The molecule has 3 rings (SSSR count). The molecule has 1 aromatic rings. The van der Waals surface area contributed by atoms with E-state index in [4.69, 9.17) is 4.74 Å². The van der Waals surface area contributed by atoms with Gasteiger partial charge in [0.15, 0.2) is 6.04 Å². The Labute approximate surface area is 135 Å². The summed E-state index contributed by atoms with van der Waals surface area (Å²) >= 11 is 0. The fourth-order valence-electron chi connectivity index (χ4n) is 3.12. The third-order valence-corrected chi connectivity index (χ3v) is 6.59. The molecule has 0 aromatic heterocycles. The highest BCUT2D eigenvalue weighted by atomic mass is 32.2. The number of non-ortho nitro benzene ring substituents is 1. The van der Waals surface area contributed by atoms with Gasteiger partial charge in [0.05, 0.1) is 15.9 Å². The molecule has 0 bridgehead atoms. The van der Waals surface area contributed by atoms with E-state index in [9.17, 15) is 31.7 Å². The zero-order valence-electron chi connectivity index (χ0n) is 12.5. The van der Waals surface area contributed by atoms with Crippen molar-refractivity contribution in [3.63, 3.8) is 0 Å². The van der Waals surface area contributed by atoms with Crippen LogP contribution in [0.15, 0.2) is 29.2 Å². The molecule has 1 aromatic carbocycles. The monoisotopic (exact) mass is 366 g/mol. The molecule has 0 amide bonds. The van der Waals surface area contributed by atoms with E-state index in [1.165, 1.54) is 13.8 Å². The molecule has 0 radical (unpaired) electrons. The van der Waals surface area contributed by atoms with Crippen molar-refractivity contribution in [3.8, 4) is 0 Å². The van der Waals surface area contributed by atoms with Crippen LogP contribution in [0.5, 0.6) is 0 Å². The number of alkyl halides is 3. The number of epoxide rings is 1. The van der Waals surface area contributed by atoms with Crippen molar-refractivity contribution in [2.24, 2.45) is 0 Å². The lowest BCUT2D eigenvalue weighted by Crippen LogP contribution is -2.51. The molecule has 4 atom stereocenters. The van der Waals surface area contributed by atoms with Gasteiger partial charge in [0.25, 0.3) is 5.69 Å². The zero-order valence-corrected chi connectivity index (χ0v) is 13.3. The summed E-state index contributed by atoms with van der Waals surface area (Å²) in [6.07, 6.45) is -6.04. The summed E-state index contributed by atoms with van der Waals surface area (Å²) in [5.41, 5.74) is -1.54. The van der Waals surface area contributed by atoms with Gasteiger partial charge in [-0.15, -0.1) is 0 Å². The van der Waals surface area contributed by atoms with Gasteiger partial charge < -0.3 is 4.74 Å². The minimum Gasteiger partial charge on any atom is -0.362 e. The highest BCUT2D eigenvalue weighted by molar-refractivity contribution is 7.89. The molecule has 2 fully saturated rings. The van der Waals surface area contributed by atoms with Crippen LogP contribution in [0, 0.1) is 10.1 Å². The number of ether oxygens (including phenoxy) is 1. The van der Waals surface area contributed by atoms with E-state index in [-0.39, 0.29) is 5.69 Å². The number of halogens is 3. The van der Waals surface area contributed by atoms with E-state index in [0.717, 1.165) is 24.3 Å². The van der Waals surface area contributed by atoms with Gasteiger partial charge in [-0.3, -0.25) is 10.1 Å². The number of nitro groups is 1. The smallest absolute Gasteiger partial charge is 0.362 e. The molecule has 0 spiro atoms. The summed E-state index contributed by atoms with van der Waals surface area (Å²) in [5.74, 6) is 0. The van der Waals surface area contributed by atoms with Gasteiger partial charge in [0.2, 0.25) is 10.0 Å². The predicted octanol–water partition coefficient (Wildman–Crippen LogP) is 2.08. The number of hydrogen-bond donors (Lipinski definition) is 0. The van der Waals surface area contributed by atoms with E-state index in [0.29, 0.717) is 4.31 Å². The molecule has 0 N–H and O–H groups in total. The topological polar surface area (TPSA) is 93.0 Å². The number of hydrogen-bond acceptors (Lipinski definition) is 5. The van der Waals surface area contributed by atoms with Crippen LogP contribution in [-0.2, 0) is 14.8 Å². The van der Waals surface area contributed by atoms with Crippen LogP contribution in [0.4, 0.5) is 18.9 Å². The van der Waals surface area contributed by atoms with E-state index in [2.05, 4.69) is 0 Å². The Morgan fingerprint density at radius 2 is 1.83 bits per heavy atom. The van der Waals surface area contributed by atoms with Crippen LogP contribution >= 0.6 is 0 Å². The Kier molecular flexibility index (Phi) is 3.49. The lowest BCUT2D eigenvalue weighted by atomic mass is 10.0. The van der Waals surface area contributed by atoms with Crippen LogP contribution in [0.3, 0.4) is 0 Å². The van der Waals surface area contributed by atoms with E-state index < -0.39 is 49.8 Å². The molecule has 132 valence electrons. The third-order valence-electron chi connectivity index (χ3n) is 4.62. The number of fused-ring (bicyclic) bond motifs is 1. The molecule has 7 nitrogen and oxygen atoms in total. The highest BCUT2D eigenvalue weighted by Gasteiger charge is 2.76. The number of nitrogens with zero attached hydrogens (tertiary/aromatic N) is 2. The third kappa shape index (κ3) is 2.30. The van der Waals surface area contributed by atoms with Crippen molar-refractivity contribution in [3.05, 3.63) is 34.4 Å². The quantitative estimate of drug-likeness (QED) is 0.464. The van der Waals surface area contributed by atoms with E-state index in [1.807, 2.05) is 0 Å². The first-order valence-electron chi connectivity index (χ1n) is 6.93. The zero-order chi connectivity index (χ0) is 18.1. The van der Waals surface area contributed by atoms with E-state index >= 15 is 0 Å². The average molecular weight is 366 g/mol. The SMILES string of the molecule is C[C@H]1N(S(=O)(=O)c2ccc([N+](=O)[O-])cc2)[C@H](C(F)(F)F)[C@@H]2O[C@@]21C. The van der Waals surface area contributed by atoms with Crippen molar-refractivity contribution in [2.75, 3.05) is 0 Å². The Bertz CT molecular complexity index is 795. The number of morpholine rings is 1. The minimum atomic E-state index is -4.79. The molecular formula is C13H13F3N2O5S. The molecule has 2 heterocycles. The first-order valence-corrected chi connectivity index (χ1v) is 8.37. The summed E-state index contributed by atoms with van der Waals surface area (Å²) in [5, 5.41) is 10.6. The van der Waals surface area contributed by atoms with Gasteiger partial charge in [-0.25, -0.2) is 8.42 Å². The molecule has 2 aliphatic heterocycles. The summed E-state index contributed by atoms with van der Waals surface area (Å²) in [7, 11) is -4.49. The van der Waals surface area contributed by atoms with Crippen molar-refractivity contribution >= 4 is 15.7 Å². The van der Waals surface area contributed by atoms with E-state index in [1.54, 1.807) is 0 Å². The lowest BCUT2D eigenvalue weighted by molar-refractivity contribution is -0.384. The lowest BCUT2D eigenvalue weighted by Gasteiger charge is -2.32. The molecular weight excluding hydrogens is 353 g/mol. The average Bonchev–Trinajstić information content (AvgIpc) is 3.08. The van der Waals surface area contributed by atoms with Crippen LogP contribution < -0.4 is 0 Å². The van der Waals surface area contributed by atoms with Crippen molar-refractivity contribution in [2.45, 2.75) is 48.7 Å². The largest absolute Gasteiger partial charge is 0.407 e. The number of nitro benzene ring substituents is 1. The van der Waals surface area contributed by atoms with Crippen molar-refractivity contribution < 1.29 is 31.2 Å². The fraction of sp³-hybridized carbons (Fsp3) is 0.538. The Balaban J connectivity index is 2.03. The van der Waals surface area contributed by atoms with Gasteiger partial charge in [0.1, 0.15) is 11.7 Å². The van der Waals surface area contributed by atoms with Gasteiger partial charge in [-0.1, -0.05) is 0 Å². The second-order valence-corrected chi connectivity index (χ2v) is 7.81. The fourth-order valence-corrected chi connectivity index (χ4v) is 4.99. The summed E-state index contributed by atoms with van der Waals surface area (Å²) in [6.45, 7) is 2.79. The summed E-state index contributed by atoms with van der Waals surface area (Å²) in [6, 6.07) is 0.443. The number of rotatable bonds is 3. The second kappa shape index (κ2) is 4.90. The van der Waals surface area contributed by atoms with Crippen molar-refractivity contribution in [1.29, 1.82) is 0 Å². The first kappa shape index (κ1) is 17.1.